The van der Waals surface area contributed by atoms with Gasteiger partial charge in [-0.1, -0.05) is 12.1 Å². The Kier molecular flexibility index (Phi) is 4.57. The second-order valence-electron chi connectivity index (χ2n) is 4.86. The molecule has 0 aliphatic carbocycles. The summed E-state index contributed by atoms with van der Waals surface area (Å²) >= 11 is 0. The Bertz CT molecular complexity index is 504. The lowest BCUT2D eigenvalue weighted by Gasteiger charge is -2.32. The van der Waals surface area contributed by atoms with E-state index in [2.05, 4.69) is 5.32 Å². The van der Waals surface area contributed by atoms with Gasteiger partial charge in [0.1, 0.15) is 5.75 Å². The van der Waals surface area contributed by atoms with Crippen LogP contribution in [0.5, 0.6) is 5.75 Å². The zero-order valence-electron chi connectivity index (χ0n) is 11.5. The van der Waals surface area contributed by atoms with Crippen LogP contribution in [0.15, 0.2) is 24.3 Å². The molecule has 0 saturated carbocycles. The highest BCUT2D eigenvalue weighted by atomic mass is 16.5. The fourth-order valence-electron chi connectivity index (χ4n) is 2.21. The summed E-state index contributed by atoms with van der Waals surface area (Å²) in [5.41, 5.74) is 5.52. The molecule has 2 amide bonds. The van der Waals surface area contributed by atoms with E-state index in [1.54, 1.807) is 29.2 Å². The molecule has 1 aromatic carbocycles. The summed E-state index contributed by atoms with van der Waals surface area (Å²) in [5, 5.41) is 3.29. The first-order valence-corrected chi connectivity index (χ1v) is 6.60. The zero-order chi connectivity index (χ0) is 14.5. The van der Waals surface area contributed by atoms with Crippen LogP contribution in [-0.4, -0.2) is 49.0 Å². The first-order chi connectivity index (χ1) is 9.58. The maximum absolute atomic E-state index is 12.5. The van der Waals surface area contributed by atoms with Gasteiger partial charge in [-0.2, -0.15) is 0 Å². The number of rotatable bonds is 4. The van der Waals surface area contributed by atoms with Gasteiger partial charge in [0.05, 0.1) is 5.56 Å². The topological polar surface area (TPSA) is 84.7 Å². The molecule has 6 heteroatoms. The van der Waals surface area contributed by atoms with Crippen molar-refractivity contribution in [3.8, 4) is 5.75 Å². The van der Waals surface area contributed by atoms with Crippen LogP contribution in [0, 0.1) is 0 Å². The minimum absolute atomic E-state index is 0.0848. The molecule has 108 valence electrons. The normalized spacial score (nSPS) is 18.6. The van der Waals surface area contributed by atoms with Gasteiger partial charge < -0.3 is 20.7 Å². The standard InChI is InChI=1S/C14H19N3O3/c1-10-8-17(7-6-16-10)14(19)11-4-2-3-5-12(11)20-9-13(15)18/h2-5,10,16H,6-9H2,1H3,(H2,15,18)/t10-/m0/s1. The van der Waals surface area contributed by atoms with Crippen molar-refractivity contribution in [2.75, 3.05) is 26.2 Å². The molecule has 0 unspecified atom stereocenters. The zero-order valence-corrected chi connectivity index (χ0v) is 11.5. The summed E-state index contributed by atoms with van der Waals surface area (Å²) in [5.74, 6) is -0.260. The van der Waals surface area contributed by atoms with Crippen molar-refractivity contribution in [2.24, 2.45) is 5.73 Å². The fourth-order valence-corrected chi connectivity index (χ4v) is 2.21. The molecule has 0 radical (unpaired) electrons. The Hall–Kier alpha value is -2.08. The molecule has 1 aliphatic rings. The van der Waals surface area contributed by atoms with Crippen molar-refractivity contribution in [1.29, 1.82) is 0 Å². The van der Waals surface area contributed by atoms with Crippen molar-refractivity contribution < 1.29 is 14.3 Å². The van der Waals surface area contributed by atoms with Crippen LogP contribution >= 0.6 is 0 Å². The molecule has 3 N–H and O–H groups in total. The van der Waals surface area contributed by atoms with Gasteiger partial charge >= 0.3 is 0 Å². The number of carbonyl (C=O) groups is 2. The average molecular weight is 277 g/mol. The number of hydrogen-bond acceptors (Lipinski definition) is 4. The lowest BCUT2D eigenvalue weighted by Crippen LogP contribution is -2.51. The Morgan fingerprint density at radius 2 is 2.20 bits per heavy atom. The molecule has 0 bridgehead atoms. The molecule has 1 aliphatic heterocycles. The third kappa shape index (κ3) is 3.48. The van der Waals surface area contributed by atoms with Crippen molar-refractivity contribution >= 4 is 11.8 Å². The molecule has 1 aromatic rings. The molecular weight excluding hydrogens is 258 g/mol. The van der Waals surface area contributed by atoms with E-state index in [-0.39, 0.29) is 18.6 Å². The number of piperazine rings is 1. The van der Waals surface area contributed by atoms with Gasteiger partial charge in [0.15, 0.2) is 6.61 Å². The van der Waals surface area contributed by atoms with Gasteiger partial charge in [0.2, 0.25) is 0 Å². The Morgan fingerprint density at radius 3 is 2.90 bits per heavy atom. The summed E-state index contributed by atoms with van der Waals surface area (Å²) < 4.78 is 5.30. The SMILES string of the molecule is C[C@H]1CN(C(=O)c2ccccc2OCC(N)=O)CCN1. The number of nitrogens with zero attached hydrogens (tertiary/aromatic N) is 1. The van der Waals surface area contributed by atoms with Crippen LogP contribution in [0.3, 0.4) is 0 Å². The molecule has 6 nitrogen and oxygen atoms in total. The number of amides is 2. The number of nitrogens with two attached hydrogens (primary N) is 1. The van der Waals surface area contributed by atoms with E-state index in [1.165, 1.54) is 0 Å². The lowest BCUT2D eigenvalue weighted by atomic mass is 10.1. The van der Waals surface area contributed by atoms with Crippen molar-refractivity contribution in [2.45, 2.75) is 13.0 Å². The lowest BCUT2D eigenvalue weighted by molar-refractivity contribution is -0.119. The number of nitrogens with one attached hydrogen (secondary N) is 1. The Morgan fingerprint density at radius 1 is 1.45 bits per heavy atom. The largest absolute Gasteiger partial charge is 0.483 e. The molecule has 1 heterocycles. The van der Waals surface area contributed by atoms with Gasteiger partial charge in [0, 0.05) is 25.7 Å². The number of para-hydroxylation sites is 1. The second kappa shape index (κ2) is 6.38. The second-order valence-corrected chi connectivity index (χ2v) is 4.86. The van der Waals surface area contributed by atoms with Crippen molar-refractivity contribution in [1.82, 2.24) is 10.2 Å². The van der Waals surface area contributed by atoms with Gasteiger partial charge in [-0.15, -0.1) is 0 Å². The van der Waals surface area contributed by atoms with Crippen molar-refractivity contribution in [3.63, 3.8) is 0 Å². The van der Waals surface area contributed by atoms with Crippen LogP contribution in [0.1, 0.15) is 17.3 Å². The summed E-state index contributed by atoms with van der Waals surface area (Å²) in [4.78, 5) is 25.1. The van der Waals surface area contributed by atoms with E-state index in [1.807, 2.05) is 6.92 Å². The van der Waals surface area contributed by atoms with E-state index in [0.717, 1.165) is 6.54 Å². The number of hydrogen-bond donors (Lipinski definition) is 2. The molecule has 1 saturated heterocycles. The molecule has 20 heavy (non-hydrogen) atoms. The molecule has 2 rings (SSSR count). The first kappa shape index (κ1) is 14.3. The molecule has 1 atom stereocenters. The predicted molar refractivity (Wildman–Crippen MR) is 74.5 cm³/mol. The molecule has 1 fully saturated rings. The maximum atomic E-state index is 12.5. The van der Waals surface area contributed by atoms with Crippen LogP contribution in [0.4, 0.5) is 0 Å². The average Bonchev–Trinajstić information content (AvgIpc) is 2.44. The molecule has 0 aromatic heterocycles. The van der Waals surface area contributed by atoms with E-state index < -0.39 is 5.91 Å². The highest BCUT2D eigenvalue weighted by molar-refractivity contribution is 5.97. The highest BCUT2D eigenvalue weighted by Crippen LogP contribution is 2.20. The Balaban J connectivity index is 2.14. The van der Waals surface area contributed by atoms with Gasteiger partial charge in [-0.3, -0.25) is 9.59 Å². The van der Waals surface area contributed by atoms with Gasteiger partial charge in [0.25, 0.3) is 11.8 Å². The van der Waals surface area contributed by atoms with Crippen LogP contribution < -0.4 is 15.8 Å². The maximum Gasteiger partial charge on any atom is 0.257 e. The summed E-state index contributed by atoms with van der Waals surface area (Å²) in [6, 6.07) is 7.17. The van der Waals surface area contributed by atoms with E-state index >= 15 is 0 Å². The van der Waals surface area contributed by atoms with Crippen molar-refractivity contribution in [3.05, 3.63) is 29.8 Å². The third-order valence-electron chi connectivity index (χ3n) is 3.14. The fraction of sp³-hybridized carbons (Fsp3) is 0.429. The predicted octanol–water partition coefficient (Wildman–Crippen LogP) is -0.0154. The van der Waals surface area contributed by atoms with Gasteiger partial charge in [-0.05, 0) is 19.1 Å². The number of carbonyl (C=O) groups excluding carboxylic acids is 2. The number of primary amides is 1. The molecular formula is C14H19N3O3. The quantitative estimate of drug-likeness (QED) is 0.810. The van der Waals surface area contributed by atoms with Gasteiger partial charge in [-0.25, -0.2) is 0 Å². The molecule has 0 spiro atoms. The summed E-state index contributed by atoms with van der Waals surface area (Å²) in [6.07, 6.45) is 0. The first-order valence-electron chi connectivity index (χ1n) is 6.60. The smallest absolute Gasteiger partial charge is 0.257 e. The number of benzene rings is 1. The minimum atomic E-state index is -0.567. The monoisotopic (exact) mass is 277 g/mol. The Labute approximate surface area is 117 Å². The minimum Gasteiger partial charge on any atom is -0.483 e. The van der Waals surface area contributed by atoms with Crippen LogP contribution in [0.2, 0.25) is 0 Å². The van der Waals surface area contributed by atoms with E-state index in [0.29, 0.717) is 24.4 Å². The van der Waals surface area contributed by atoms with Crippen LogP contribution in [0.25, 0.3) is 0 Å². The van der Waals surface area contributed by atoms with E-state index in [9.17, 15) is 9.59 Å². The van der Waals surface area contributed by atoms with E-state index in [4.69, 9.17) is 10.5 Å². The highest BCUT2D eigenvalue weighted by Gasteiger charge is 2.23. The summed E-state index contributed by atoms with van der Waals surface area (Å²) in [7, 11) is 0. The number of ether oxygens (including phenoxy) is 1. The third-order valence-corrected chi connectivity index (χ3v) is 3.14. The summed E-state index contributed by atoms with van der Waals surface area (Å²) in [6.45, 7) is 3.89. The van der Waals surface area contributed by atoms with Crippen LogP contribution in [-0.2, 0) is 4.79 Å².